The van der Waals surface area contributed by atoms with Gasteiger partial charge in [0, 0.05) is 36.9 Å². The van der Waals surface area contributed by atoms with E-state index in [1.54, 1.807) is 18.2 Å². The van der Waals surface area contributed by atoms with Gasteiger partial charge in [-0.2, -0.15) is 0 Å². The summed E-state index contributed by atoms with van der Waals surface area (Å²) in [6.07, 6.45) is 0.613. The van der Waals surface area contributed by atoms with Crippen molar-refractivity contribution in [1.82, 2.24) is 10.2 Å². The number of amides is 2. The number of carbonyl (C=O) groups is 2. The summed E-state index contributed by atoms with van der Waals surface area (Å²) in [5.41, 5.74) is 1.65. The first-order valence-electron chi connectivity index (χ1n) is 8.69. The van der Waals surface area contributed by atoms with Crippen LogP contribution in [0.1, 0.15) is 12.0 Å². The van der Waals surface area contributed by atoms with Crippen molar-refractivity contribution in [2.75, 3.05) is 44.7 Å². The van der Waals surface area contributed by atoms with Crippen LogP contribution in [0.2, 0.25) is 5.02 Å². The Balaban J connectivity index is 1.40. The van der Waals surface area contributed by atoms with E-state index in [4.69, 9.17) is 16.3 Å². The van der Waals surface area contributed by atoms with Crippen LogP contribution in [0.3, 0.4) is 0 Å². The van der Waals surface area contributed by atoms with Crippen molar-refractivity contribution in [2.24, 2.45) is 11.8 Å². The number of carbonyl (C=O) groups excluding carboxylic acids is 2. The lowest BCUT2D eigenvalue weighted by molar-refractivity contribution is -0.125. The molecule has 25 heavy (non-hydrogen) atoms. The lowest BCUT2D eigenvalue weighted by Crippen LogP contribution is -2.41. The van der Waals surface area contributed by atoms with Crippen LogP contribution in [-0.4, -0.2) is 56.1 Å². The molecule has 0 bridgehead atoms. The average Bonchev–Trinajstić information content (AvgIpc) is 3.39. The van der Waals surface area contributed by atoms with Crippen molar-refractivity contribution in [3.63, 3.8) is 0 Å². The topological polar surface area (TPSA) is 70.7 Å². The molecule has 7 heteroatoms. The van der Waals surface area contributed by atoms with Gasteiger partial charge in [0.05, 0.1) is 25.0 Å². The molecule has 0 aromatic heterocycles. The Hall–Kier alpha value is -1.63. The largest absolute Gasteiger partial charge is 0.379 e. The van der Waals surface area contributed by atoms with Gasteiger partial charge in [0.15, 0.2) is 0 Å². The van der Waals surface area contributed by atoms with Crippen molar-refractivity contribution in [1.29, 1.82) is 0 Å². The Morgan fingerprint density at radius 3 is 2.68 bits per heavy atom. The first-order valence-corrected chi connectivity index (χ1v) is 9.07. The van der Waals surface area contributed by atoms with Crippen molar-refractivity contribution in [3.8, 4) is 0 Å². The van der Waals surface area contributed by atoms with Gasteiger partial charge in [-0.3, -0.25) is 14.5 Å². The van der Waals surface area contributed by atoms with Crippen molar-refractivity contribution < 1.29 is 14.3 Å². The van der Waals surface area contributed by atoms with Gasteiger partial charge in [-0.05, 0) is 37.1 Å². The molecule has 2 unspecified atom stereocenters. The summed E-state index contributed by atoms with van der Waals surface area (Å²) < 4.78 is 5.30. The first-order chi connectivity index (χ1) is 12.0. The Kier molecular flexibility index (Phi) is 5.93. The van der Waals surface area contributed by atoms with Gasteiger partial charge < -0.3 is 15.4 Å². The van der Waals surface area contributed by atoms with E-state index < -0.39 is 0 Å². The third-order valence-electron chi connectivity index (χ3n) is 4.74. The minimum absolute atomic E-state index is 0.0266. The second-order valence-corrected chi connectivity index (χ2v) is 7.08. The number of morpholine rings is 1. The Morgan fingerprint density at radius 2 is 1.96 bits per heavy atom. The molecule has 1 aromatic rings. The highest BCUT2D eigenvalue weighted by molar-refractivity contribution is 6.30. The number of anilines is 1. The van der Waals surface area contributed by atoms with E-state index in [0.717, 1.165) is 44.1 Å². The van der Waals surface area contributed by atoms with Crippen LogP contribution in [0.5, 0.6) is 0 Å². The quantitative estimate of drug-likeness (QED) is 0.804. The molecule has 1 heterocycles. The number of hydrogen-bond acceptors (Lipinski definition) is 4. The number of benzene rings is 1. The van der Waals surface area contributed by atoms with Crippen LogP contribution in [-0.2, 0) is 14.3 Å². The second-order valence-electron chi connectivity index (χ2n) is 6.64. The van der Waals surface area contributed by atoms with Gasteiger partial charge in [-0.15, -0.1) is 0 Å². The zero-order valence-corrected chi connectivity index (χ0v) is 15.1. The van der Waals surface area contributed by atoms with E-state index >= 15 is 0 Å². The number of ether oxygens (including phenoxy) is 1. The number of aryl methyl sites for hydroxylation is 1. The summed E-state index contributed by atoms with van der Waals surface area (Å²) in [5.74, 6) is -0.573. The monoisotopic (exact) mass is 365 g/mol. The molecule has 1 aliphatic heterocycles. The molecule has 1 aromatic carbocycles. The molecule has 1 aliphatic carbocycles. The molecule has 2 N–H and O–H groups in total. The van der Waals surface area contributed by atoms with Crippen LogP contribution < -0.4 is 10.6 Å². The van der Waals surface area contributed by atoms with Crippen LogP contribution in [0, 0.1) is 18.8 Å². The summed E-state index contributed by atoms with van der Waals surface area (Å²) in [6, 6.07) is 5.34. The van der Waals surface area contributed by atoms with E-state index in [1.165, 1.54) is 0 Å². The molecule has 1 saturated heterocycles. The highest BCUT2D eigenvalue weighted by atomic mass is 35.5. The summed E-state index contributed by atoms with van der Waals surface area (Å²) in [7, 11) is 0. The number of rotatable bonds is 6. The standard InChI is InChI=1S/C18H24ClN3O3/c1-12-10-13(19)2-3-16(12)21-18(24)15-11-14(15)17(23)20-4-5-22-6-8-25-9-7-22/h2-3,10,14-15H,4-9,11H2,1H3,(H,20,23)(H,21,24). The maximum absolute atomic E-state index is 12.3. The molecule has 136 valence electrons. The number of nitrogens with one attached hydrogen (secondary N) is 2. The summed E-state index contributed by atoms with van der Waals surface area (Å²) in [5, 5.41) is 6.47. The predicted octanol–water partition coefficient (Wildman–Crippen LogP) is 1.67. The van der Waals surface area contributed by atoms with Gasteiger partial charge in [0.1, 0.15) is 0 Å². The van der Waals surface area contributed by atoms with E-state index in [0.29, 0.717) is 18.0 Å². The smallest absolute Gasteiger partial charge is 0.228 e. The lowest BCUT2D eigenvalue weighted by Gasteiger charge is -2.26. The molecule has 1 saturated carbocycles. The summed E-state index contributed by atoms with van der Waals surface area (Å²) >= 11 is 5.92. The number of halogens is 1. The van der Waals surface area contributed by atoms with E-state index in [1.807, 2.05) is 6.92 Å². The SMILES string of the molecule is Cc1cc(Cl)ccc1NC(=O)C1CC1C(=O)NCCN1CCOCC1. The maximum Gasteiger partial charge on any atom is 0.228 e. The van der Waals surface area contributed by atoms with E-state index in [2.05, 4.69) is 15.5 Å². The predicted molar refractivity (Wildman–Crippen MR) is 96.7 cm³/mol. The molecular weight excluding hydrogens is 342 g/mol. The van der Waals surface area contributed by atoms with Crippen molar-refractivity contribution in [3.05, 3.63) is 28.8 Å². The Bertz CT molecular complexity index is 646. The molecule has 3 rings (SSSR count). The summed E-state index contributed by atoms with van der Waals surface area (Å²) in [6.45, 7) is 6.65. The minimum atomic E-state index is -0.238. The number of hydrogen-bond donors (Lipinski definition) is 2. The molecule has 6 nitrogen and oxygen atoms in total. The lowest BCUT2D eigenvalue weighted by atomic mass is 10.2. The van der Waals surface area contributed by atoms with E-state index in [-0.39, 0.29) is 23.7 Å². The second kappa shape index (κ2) is 8.17. The van der Waals surface area contributed by atoms with Crippen LogP contribution in [0.4, 0.5) is 5.69 Å². The Labute approximate surface area is 152 Å². The zero-order valence-electron chi connectivity index (χ0n) is 14.4. The molecule has 0 radical (unpaired) electrons. The van der Waals surface area contributed by atoms with Crippen molar-refractivity contribution in [2.45, 2.75) is 13.3 Å². The van der Waals surface area contributed by atoms with Gasteiger partial charge in [-0.1, -0.05) is 11.6 Å². The molecule has 2 fully saturated rings. The van der Waals surface area contributed by atoms with Gasteiger partial charge in [-0.25, -0.2) is 0 Å². The minimum Gasteiger partial charge on any atom is -0.379 e. The fraction of sp³-hybridized carbons (Fsp3) is 0.556. The van der Waals surface area contributed by atoms with Crippen molar-refractivity contribution >= 4 is 29.1 Å². The van der Waals surface area contributed by atoms with Crippen LogP contribution in [0.15, 0.2) is 18.2 Å². The molecule has 2 atom stereocenters. The fourth-order valence-electron chi connectivity index (χ4n) is 3.06. The third kappa shape index (κ3) is 4.93. The molecule has 2 amide bonds. The molecule has 2 aliphatic rings. The van der Waals surface area contributed by atoms with Gasteiger partial charge in [0.2, 0.25) is 11.8 Å². The zero-order chi connectivity index (χ0) is 17.8. The van der Waals surface area contributed by atoms with Crippen LogP contribution in [0.25, 0.3) is 0 Å². The molecule has 0 spiro atoms. The maximum atomic E-state index is 12.3. The third-order valence-corrected chi connectivity index (χ3v) is 4.98. The highest BCUT2D eigenvalue weighted by Crippen LogP contribution is 2.39. The number of nitrogens with zero attached hydrogens (tertiary/aromatic N) is 1. The average molecular weight is 366 g/mol. The summed E-state index contributed by atoms with van der Waals surface area (Å²) in [4.78, 5) is 26.7. The van der Waals surface area contributed by atoms with Crippen LogP contribution >= 0.6 is 11.6 Å². The first kappa shape index (κ1) is 18.2. The molecular formula is C18H24ClN3O3. The fourth-order valence-corrected chi connectivity index (χ4v) is 3.29. The Morgan fingerprint density at radius 1 is 1.24 bits per heavy atom. The normalized spacial score (nSPS) is 23.1. The highest BCUT2D eigenvalue weighted by Gasteiger charge is 2.47. The van der Waals surface area contributed by atoms with Gasteiger partial charge in [0.25, 0.3) is 0 Å². The van der Waals surface area contributed by atoms with Gasteiger partial charge >= 0.3 is 0 Å². The van der Waals surface area contributed by atoms with E-state index in [9.17, 15) is 9.59 Å².